The molecule has 1 N–H and O–H groups in total. The Labute approximate surface area is 178 Å². The molecule has 0 bridgehead atoms. The van der Waals surface area contributed by atoms with Crippen molar-refractivity contribution in [3.05, 3.63) is 59.7 Å². The lowest BCUT2D eigenvalue weighted by molar-refractivity contribution is -0.134. The van der Waals surface area contributed by atoms with Crippen LogP contribution >= 0.6 is 0 Å². The molecule has 0 unspecified atom stereocenters. The normalized spacial score (nSPS) is 16.8. The Hall–Kier alpha value is -3.01. The Balaban J connectivity index is 1.38. The first kappa shape index (κ1) is 21.2. The van der Waals surface area contributed by atoms with Gasteiger partial charge in [0.1, 0.15) is 0 Å². The maximum Gasteiger partial charge on any atom is 0.261 e. The first-order valence-corrected chi connectivity index (χ1v) is 11.4. The predicted octanol–water partition coefficient (Wildman–Crippen LogP) is 2.46. The Morgan fingerprint density at radius 2 is 1.48 bits per heavy atom. The van der Waals surface area contributed by atoms with Crippen molar-refractivity contribution in [3.63, 3.8) is 0 Å². The first-order valence-electron chi connectivity index (χ1n) is 9.90. The van der Waals surface area contributed by atoms with E-state index in [1.807, 2.05) is 0 Å². The van der Waals surface area contributed by atoms with E-state index in [9.17, 15) is 26.8 Å². The number of rotatable bonds is 5. The number of halogens is 2. The van der Waals surface area contributed by atoms with Gasteiger partial charge >= 0.3 is 0 Å². The molecule has 2 aliphatic rings. The zero-order valence-electron chi connectivity index (χ0n) is 16.6. The second-order valence-corrected chi connectivity index (χ2v) is 9.33. The molecule has 7 nitrogen and oxygen atoms in total. The molecular formula is C21H21F2N3O4S. The van der Waals surface area contributed by atoms with Crippen LogP contribution in [0.2, 0.25) is 0 Å². The van der Waals surface area contributed by atoms with E-state index in [0.29, 0.717) is 37.8 Å². The van der Waals surface area contributed by atoms with E-state index in [1.165, 1.54) is 24.3 Å². The largest absolute Gasteiger partial charge is 0.339 e. The SMILES string of the molecule is O=C(c1ccc(NS(=O)(=O)c2ccc(F)c(F)c2)cc1)N1CCN(C(=O)C2CC2)CC1. The lowest BCUT2D eigenvalue weighted by Crippen LogP contribution is -2.51. The van der Waals surface area contributed by atoms with Crippen LogP contribution in [0, 0.1) is 17.6 Å². The van der Waals surface area contributed by atoms with Gasteiger partial charge in [0.2, 0.25) is 5.91 Å². The number of sulfonamides is 1. The van der Waals surface area contributed by atoms with E-state index in [2.05, 4.69) is 4.72 Å². The Morgan fingerprint density at radius 3 is 2.06 bits per heavy atom. The minimum absolute atomic E-state index is 0.157. The molecule has 164 valence electrons. The lowest BCUT2D eigenvalue weighted by atomic mass is 10.1. The fourth-order valence-corrected chi connectivity index (χ4v) is 4.51. The number of carbonyl (C=O) groups excluding carboxylic acids is 2. The molecule has 2 fully saturated rings. The zero-order valence-corrected chi connectivity index (χ0v) is 17.4. The average Bonchev–Trinajstić information content (AvgIpc) is 3.60. The lowest BCUT2D eigenvalue weighted by Gasteiger charge is -2.35. The summed E-state index contributed by atoms with van der Waals surface area (Å²) in [5.74, 6) is -2.27. The van der Waals surface area contributed by atoms with Gasteiger partial charge in [-0.3, -0.25) is 14.3 Å². The topological polar surface area (TPSA) is 86.8 Å². The molecule has 1 aliphatic carbocycles. The van der Waals surface area contributed by atoms with Crippen molar-refractivity contribution in [2.24, 2.45) is 5.92 Å². The summed E-state index contributed by atoms with van der Waals surface area (Å²) in [6.07, 6.45) is 1.90. The van der Waals surface area contributed by atoms with Gasteiger partial charge in [-0.05, 0) is 55.3 Å². The fraction of sp³-hybridized carbons (Fsp3) is 0.333. The third-order valence-electron chi connectivity index (χ3n) is 5.39. The highest BCUT2D eigenvalue weighted by Crippen LogP contribution is 2.31. The number of amides is 2. The minimum atomic E-state index is -4.11. The molecule has 1 saturated carbocycles. The number of anilines is 1. The summed E-state index contributed by atoms with van der Waals surface area (Å²) in [4.78, 5) is 27.9. The fourth-order valence-electron chi connectivity index (χ4n) is 3.44. The Morgan fingerprint density at radius 1 is 0.871 bits per heavy atom. The van der Waals surface area contributed by atoms with Gasteiger partial charge in [0, 0.05) is 43.3 Å². The molecular weight excluding hydrogens is 428 g/mol. The molecule has 0 atom stereocenters. The molecule has 31 heavy (non-hydrogen) atoms. The zero-order chi connectivity index (χ0) is 22.2. The predicted molar refractivity (Wildman–Crippen MR) is 109 cm³/mol. The molecule has 1 aliphatic heterocycles. The maximum atomic E-state index is 13.3. The van der Waals surface area contributed by atoms with Gasteiger partial charge < -0.3 is 9.80 Å². The molecule has 4 rings (SSSR count). The van der Waals surface area contributed by atoms with E-state index in [4.69, 9.17) is 0 Å². The van der Waals surface area contributed by atoms with Gasteiger partial charge in [-0.15, -0.1) is 0 Å². The summed E-state index contributed by atoms with van der Waals surface area (Å²) in [7, 11) is -4.11. The van der Waals surface area contributed by atoms with Crippen molar-refractivity contribution in [1.29, 1.82) is 0 Å². The molecule has 2 aromatic carbocycles. The van der Waals surface area contributed by atoms with Gasteiger partial charge in [0.05, 0.1) is 4.90 Å². The van der Waals surface area contributed by atoms with Crippen LogP contribution in [0.4, 0.5) is 14.5 Å². The highest BCUT2D eigenvalue weighted by atomic mass is 32.2. The van der Waals surface area contributed by atoms with Crippen LogP contribution in [-0.4, -0.2) is 56.2 Å². The molecule has 0 aromatic heterocycles. The number of benzene rings is 2. The van der Waals surface area contributed by atoms with Crippen LogP contribution in [0.5, 0.6) is 0 Å². The maximum absolute atomic E-state index is 13.3. The Bertz CT molecular complexity index is 1110. The molecule has 2 amide bonds. The van der Waals surface area contributed by atoms with Crippen molar-refractivity contribution in [2.45, 2.75) is 17.7 Å². The van der Waals surface area contributed by atoms with E-state index >= 15 is 0 Å². The van der Waals surface area contributed by atoms with Crippen LogP contribution in [0.3, 0.4) is 0 Å². The second kappa shape index (κ2) is 8.26. The monoisotopic (exact) mass is 449 g/mol. The number of nitrogens with zero attached hydrogens (tertiary/aromatic N) is 2. The van der Waals surface area contributed by atoms with E-state index in [-0.39, 0.29) is 23.4 Å². The third-order valence-corrected chi connectivity index (χ3v) is 6.77. The summed E-state index contributed by atoms with van der Waals surface area (Å²) in [5.41, 5.74) is 0.568. The summed E-state index contributed by atoms with van der Waals surface area (Å²) >= 11 is 0. The molecule has 1 heterocycles. The van der Waals surface area contributed by atoms with Gasteiger partial charge in [0.15, 0.2) is 11.6 Å². The number of carbonyl (C=O) groups is 2. The van der Waals surface area contributed by atoms with Gasteiger partial charge in [-0.2, -0.15) is 0 Å². The van der Waals surface area contributed by atoms with Crippen molar-refractivity contribution in [1.82, 2.24) is 9.80 Å². The molecule has 2 aromatic rings. The highest BCUT2D eigenvalue weighted by Gasteiger charge is 2.35. The quantitative estimate of drug-likeness (QED) is 0.760. The number of nitrogens with one attached hydrogen (secondary N) is 1. The Kier molecular flexibility index (Phi) is 5.65. The highest BCUT2D eigenvalue weighted by molar-refractivity contribution is 7.92. The van der Waals surface area contributed by atoms with E-state index in [1.54, 1.807) is 9.80 Å². The number of hydrogen-bond donors (Lipinski definition) is 1. The second-order valence-electron chi connectivity index (χ2n) is 7.65. The number of hydrogen-bond acceptors (Lipinski definition) is 4. The van der Waals surface area contributed by atoms with Crippen molar-refractivity contribution in [2.75, 3.05) is 30.9 Å². The van der Waals surface area contributed by atoms with Crippen LogP contribution in [-0.2, 0) is 14.8 Å². The van der Waals surface area contributed by atoms with Crippen LogP contribution in [0.15, 0.2) is 47.4 Å². The van der Waals surface area contributed by atoms with Gasteiger partial charge in [-0.1, -0.05) is 0 Å². The third kappa shape index (κ3) is 4.68. The average molecular weight is 449 g/mol. The first-order chi connectivity index (χ1) is 14.7. The summed E-state index contributed by atoms with van der Waals surface area (Å²) in [6, 6.07) is 8.15. The summed E-state index contributed by atoms with van der Waals surface area (Å²) in [6.45, 7) is 1.91. The summed E-state index contributed by atoms with van der Waals surface area (Å²) < 4.78 is 53.4. The van der Waals surface area contributed by atoms with E-state index in [0.717, 1.165) is 25.0 Å². The smallest absolute Gasteiger partial charge is 0.261 e. The van der Waals surface area contributed by atoms with Crippen LogP contribution in [0.1, 0.15) is 23.2 Å². The molecule has 10 heteroatoms. The van der Waals surface area contributed by atoms with Crippen LogP contribution < -0.4 is 4.72 Å². The molecule has 0 spiro atoms. The van der Waals surface area contributed by atoms with Gasteiger partial charge in [0.25, 0.3) is 15.9 Å². The van der Waals surface area contributed by atoms with Crippen molar-refractivity contribution >= 4 is 27.5 Å². The van der Waals surface area contributed by atoms with Crippen molar-refractivity contribution < 1.29 is 26.8 Å². The standard InChI is InChI=1S/C21H21F2N3O4S/c22-18-8-7-17(13-19(18)23)31(29,30)24-16-5-3-15(4-6-16)21(28)26-11-9-25(10-12-26)20(27)14-1-2-14/h3-8,13-14,24H,1-2,9-12H2. The summed E-state index contributed by atoms with van der Waals surface area (Å²) in [5, 5.41) is 0. The van der Waals surface area contributed by atoms with E-state index < -0.39 is 26.6 Å². The minimum Gasteiger partial charge on any atom is -0.339 e. The molecule has 0 radical (unpaired) electrons. The van der Waals surface area contributed by atoms with Crippen LogP contribution in [0.25, 0.3) is 0 Å². The van der Waals surface area contributed by atoms with Gasteiger partial charge in [-0.25, -0.2) is 17.2 Å². The molecule has 1 saturated heterocycles. The number of piperazine rings is 1. The van der Waals surface area contributed by atoms with Crippen molar-refractivity contribution in [3.8, 4) is 0 Å².